The third kappa shape index (κ3) is 5.31. The van der Waals surface area contributed by atoms with Gasteiger partial charge in [0, 0.05) is 40.0 Å². The molecule has 2 aromatic rings. The molecule has 1 aromatic heterocycles. The van der Waals surface area contributed by atoms with E-state index < -0.39 is 0 Å². The van der Waals surface area contributed by atoms with Gasteiger partial charge in [0.25, 0.3) is 5.91 Å². The van der Waals surface area contributed by atoms with E-state index in [1.54, 1.807) is 50.2 Å². The van der Waals surface area contributed by atoms with Gasteiger partial charge in [-0.05, 0) is 17.7 Å². The average molecular weight is 331 g/mol. The van der Waals surface area contributed by atoms with Crippen LogP contribution in [0.15, 0.2) is 36.5 Å². The lowest BCUT2D eigenvalue weighted by molar-refractivity contribution is -0.130. The predicted molar refractivity (Wildman–Crippen MR) is 89.7 cm³/mol. The van der Waals surface area contributed by atoms with Crippen LogP contribution >= 0.6 is 0 Å². The molecule has 8 nitrogen and oxygen atoms in total. The first-order chi connectivity index (χ1) is 11.4. The largest absolute Gasteiger partial charge is 0.484 e. The number of hydrogen-bond donors (Lipinski definition) is 2. The molecule has 3 amide bonds. The van der Waals surface area contributed by atoms with Crippen LogP contribution in [0.2, 0.25) is 0 Å². The summed E-state index contributed by atoms with van der Waals surface area (Å²) in [5, 5.41) is 9.44. The first kappa shape index (κ1) is 17.3. The first-order valence-corrected chi connectivity index (χ1v) is 7.40. The van der Waals surface area contributed by atoms with E-state index in [4.69, 9.17) is 4.74 Å². The van der Waals surface area contributed by atoms with Crippen molar-refractivity contribution >= 4 is 17.8 Å². The molecule has 24 heavy (non-hydrogen) atoms. The molecule has 2 rings (SSSR count). The molecule has 1 heterocycles. The Kier molecular flexibility index (Phi) is 5.78. The van der Waals surface area contributed by atoms with E-state index in [1.165, 1.54) is 4.90 Å². The SMILES string of the molecule is CN(C)C(=O)COc1cccc(CNC(=O)Nc2ccn(C)n2)c1. The summed E-state index contributed by atoms with van der Waals surface area (Å²) < 4.78 is 7.05. The maximum Gasteiger partial charge on any atom is 0.320 e. The minimum atomic E-state index is -0.345. The number of ether oxygens (including phenoxy) is 1. The molecule has 0 aliphatic rings. The highest BCUT2D eigenvalue weighted by Crippen LogP contribution is 2.13. The number of hydrogen-bond acceptors (Lipinski definition) is 4. The molecular formula is C16H21N5O3. The van der Waals surface area contributed by atoms with E-state index in [1.807, 2.05) is 12.1 Å². The Morgan fingerprint density at radius 2 is 2.08 bits per heavy atom. The Balaban J connectivity index is 1.83. The number of aryl methyl sites for hydroxylation is 1. The molecule has 0 saturated carbocycles. The fraction of sp³-hybridized carbons (Fsp3) is 0.312. The Bertz CT molecular complexity index is 711. The van der Waals surface area contributed by atoms with Crippen LogP contribution in [0.1, 0.15) is 5.56 Å². The fourth-order valence-corrected chi connectivity index (χ4v) is 1.84. The summed E-state index contributed by atoms with van der Waals surface area (Å²) in [6.07, 6.45) is 1.74. The third-order valence-electron chi connectivity index (χ3n) is 3.17. The normalized spacial score (nSPS) is 10.1. The number of nitrogens with zero attached hydrogens (tertiary/aromatic N) is 3. The highest BCUT2D eigenvalue weighted by atomic mass is 16.5. The van der Waals surface area contributed by atoms with Crippen LogP contribution in [0.4, 0.5) is 10.6 Å². The van der Waals surface area contributed by atoms with Gasteiger partial charge in [0.1, 0.15) is 5.75 Å². The number of benzene rings is 1. The van der Waals surface area contributed by atoms with Crippen molar-refractivity contribution in [1.82, 2.24) is 20.0 Å². The van der Waals surface area contributed by atoms with E-state index in [2.05, 4.69) is 15.7 Å². The molecule has 0 bridgehead atoms. The van der Waals surface area contributed by atoms with Crippen LogP contribution in [0, 0.1) is 0 Å². The molecule has 128 valence electrons. The Morgan fingerprint density at radius 1 is 1.29 bits per heavy atom. The van der Waals surface area contributed by atoms with Crippen LogP contribution in [0.5, 0.6) is 5.75 Å². The van der Waals surface area contributed by atoms with Gasteiger partial charge in [0.15, 0.2) is 12.4 Å². The fourth-order valence-electron chi connectivity index (χ4n) is 1.84. The molecule has 0 atom stereocenters. The van der Waals surface area contributed by atoms with E-state index in [0.717, 1.165) is 5.56 Å². The lowest BCUT2D eigenvalue weighted by Gasteiger charge is -2.12. The lowest BCUT2D eigenvalue weighted by Crippen LogP contribution is -2.28. The predicted octanol–water partition coefficient (Wildman–Crippen LogP) is 1.21. The molecule has 0 aliphatic heterocycles. The lowest BCUT2D eigenvalue weighted by atomic mass is 10.2. The summed E-state index contributed by atoms with van der Waals surface area (Å²) in [5.41, 5.74) is 0.862. The summed E-state index contributed by atoms with van der Waals surface area (Å²) in [6, 6.07) is 8.58. The number of aromatic nitrogens is 2. The molecule has 0 fully saturated rings. The minimum Gasteiger partial charge on any atom is -0.484 e. The van der Waals surface area contributed by atoms with Crippen LogP contribution in [0.25, 0.3) is 0 Å². The van der Waals surface area contributed by atoms with Crippen molar-refractivity contribution in [2.45, 2.75) is 6.54 Å². The molecule has 0 unspecified atom stereocenters. The van der Waals surface area contributed by atoms with Gasteiger partial charge in [-0.3, -0.25) is 14.8 Å². The average Bonchev–Trinajstić information content (AvgIpc) is 2.96. The van der Waals surface area contributed by atoms with Crippen molar-refractivity contribution < 1.29 is 14.3 Å². The van der Waals surface area contributed by atoms with E-state index >= 15 is 0 Å². The zero-order valence-electron chi connectivity index (χ0n) is 13.9. The molecule has 8 heteroatoms. The highest BCUT2D eigenvalue weighted by Gasteiger charge is 2.07. The van der Waals surface area contributed by atoms with Crippen molar-refractivity contribution in [3.05, 3.63) is 42.1 Å². The van der Waals surface area contributed by atoms with E-state index in [-0.39, 0.29) is 18.5 Å². The molecule has 0 radical (unpaired) electrons. The quantitative estimate of drug-likeness (QED) is 0.833. The van der Waals surface area contributed by atoms with Gasteiger partial charge in [-0.1, -0.05) is 12.1 Å². The van der Waals surface area contributed by atoms with Crippen molar-refractivity contribution in [1.29, 1.82) is 0 Å². The van der Waals surface area contributed by atoms with Gasteiger partial charge in [0.2, 0.25) is 0 Å². The number of urea groups is 1. The number of nitrogens with one attached hydrogen (secondary N) is 2. The van der Waals surface area contributed by atoms with Crippen molar-refractivity contribution in [3.8, 4) is 5.75 Å². The number of rotatable bonds is 6. The van der Waals surface area contributed by atoms with E-state index in [9.17, 15) is 9.59 Å². The molecule has 0 aliphatic carbocycles. The Hall–Kier alpha value is -3.03. The Morgan fingerprint density at radius 3 is 2.75 bits per heavy atom. The van der Waals surface area contributed by atoms with Gasteiger partial charge in [-0.25, -0.2) is 4.79 Å². The second-order valence-electron chi connectivity index (χ2n) is 5.41. The maximum absolute atomic E-state index is 11.8. The van der Waals surface area contributed by atoms with Crippen LogP contribution in [-0.4, -0.2) is 47.3 Å². The van der Waals surface area contributed by atoms with Gasteiger partial charge < -0.3 is 15.0 Å². The topological polar surface area (TPSA) is 88.5 Å². The number of likely N-dealkylation sites (N-methyl/N-ethyl adjacent to an activating group) is 1. The number of carbonyl (C=O) groups is 2. The summed E-state index contributed by atoms with van der Waals surface area (Å²) in [6.45, 7) is 0.307. The second kappa shape index (κ2) is 8.00. The summed E-state index contributed by atoms with van der Waals surface area (Å²) in [7, 11) is 5.12. The number of carbonyl (C=O) groups excluding carboxylic acids is 2. The van der Waals surface area contributed by atoms with Crippen LogP contribution in [-0.2, 0) is 18.4 Å². The second-order valence-corrected chi connectivity index (χ2v) is 5.41. The standard InChI is InChI=1S/C16H21N5O3/c1-20(2)15(22)11-24-13-6-4-5-12(9-13)10-17-16(23)18-14-7-8-21(3)19-14/h4-9H,10-11H2,1-3H3,(H2,17,18,19,23). The number of amides is 3. The Labute approximate surface area is 140 Å². The number of anilines is 1. The molecule has 1 aromatic carbocycles. The van der Waals surface area contributed by atoms with Gasteiger partial charge >= 0.3 is 6.03 Å². The zero-order chi connectivity index (χ0) is 17.5. The van der Waals surface area contributed by atoms with E-state index in [0.29, 0.717) is 18.1 Å². The van der Waals surface area contributed by atoms with Gasteiger partial charge in [-0.2, -0.15) is 5.10 Å². The van der Waals surface area contributed by atoms with Gasteiger partial charge in [0.05, 0.1) is 0 Å². The molecule has 0 spiro atoms. The summed E-state index contributed by atoms with van der Waals surface area (Å²) in [5.74, 6) is 0.942. The van der Waals surface area contributed by atoms with Crippen molar-refractivity contribution in [2.75, 3.05) is 26.0 Å². The van der Waals surface area contributed by atoms with Crippen LogP contribution < -0.4 is 15.4 Å². The van der Waals surface area contributed by atoms with Crippen molar-refractivity contribution in [2.24, 2.45) is 7.05 Å². The smallest absolute Gasteiger partial charge is 0.320 e. The van der Waals surface area contributed by atoms with Crippen molar-refractivity contribution in [3.63, 3.8) is 0 Å². The first-order valence-electron chi connectivity index (χ1n) is 7.40. The highest BCUT2D eigenvalue weighted by molar-refractivity contribution is 5.88. The van der Waals surface area contributed by atoms with Crippen LogP contribution in [0.3, 0.4) is 0 Å². The monoisotopic (exact) mass is 331 g/mol. The molecule has 0 saturated heterocycles. The maximum atomic E-state index is 11.8. The summed E-state index contributed by atoms with van der Waals surface area (Å²) in [4.78, 5) is 24.8. The summed E-state index contributed by atoms with van der Waals surface area (Å²) >= 11 is 0. The third-order valence-corrected chi connectivity index (χ3v) is 3.17. The zero-order valence-corrected chi connectivity index (χ0v) is 13.9. The molecular weight excluding hydrogens is 310 g/mol. The minimum absolute atomic E-state index is 0.0238. The van der Waals surface area contributed by atoms with Gasteiger partial charge in [-0.15, -0.1) is 0 Å². The molecule has 2 N–H and O–H groups in total.